The van der Waals surface area contributed by atoms with Crippen LogP contribution in [0.15, 0.2) is 24.3 Å². The van der Waals surface area contributed by atoms with Crippen LogP contribution in [0, 0.1) is 5.92 Å². The molecule has 21 heavy (non-hydrogen) atoms. The molecule has 0 aromatic heterocycles. The number of halogens is 1. The Balaban J connectivity index is 1.64. The SMILES string of the molecule is CC(C)CNCCCN1CCN(c2cccc(Cl)c2)CC1. The number of nitrogens with zero attached hydrogens (tertiary/aromatic N) is 2. The van der Waals surface area contributed by atoms with Crippen molar-refractivity contribution >= 4 is 17.3 Å². The highest BCUT2D eigenvalue weighted by Gasteiger charge is 2.16. The molecule has 1 aromatic rings. The van der Waals surface area contributed by atoms with Crippen LogP contribution in [0.4, 0.5) is 5.69 Å². The van der Waals surface area contributed by atoms with Crippen molar-refractivity contribution in [2.75, 3.05) is 50.7 Å². The summed E-state index contributed by atoms with van der Waals surface area (Å²) in [6, 6.07) is 8.18. The first kappa shape index (κ1) is 16.6. The van der Waals surface area contributed by atoms with Crippen LogP contribution in [0.25, 0.3) is 0 Å². The molecule has 0 saturated carbocycles. The van der Waals surface area contributed by atoms with Crippen molar-refractivity contribution in [2.45, 2.75) is 20.3 Å². The Morgan fingerprint density at radius 2 is 1.95 bits per heavy atom. The number of anilines is 1. The highest BCUT2D eigenvalue weighted by Crippen LogP contribution is 2.20. The molecule has 3 nitrogen and oxygen atoms in total. The largest absolute Gasteiger partial charge is 0.369 e. The van der Waals surface area contributed by atoms with Gasteiger partial charge in [0, 0.05) is 36.9 Å². The summed E-state index contributed by atoms with van der Waals surface area (Å²) in [6.07, 6.45) is 1.24. The van der Waals surface area contributed by atoms with Crippen LogP contribution in [0.2, 0.25) is 5.02 Å². The summed E-state index contributed by atoms with van der Waals surface area (Å²) in [6.45, 7) is 12.5. The summed E-state index contributed by atoms with van der Waals surface area (Å²) in [5.41, 5.74) is 1.25. The first-order valence-electron chi connectivity index (χ1n) is 8.09. The minimum absolute atomic E-state index is 0.742. The third-order valence-electron chi connectivity index (χ3n) is 3.93. The van der Waals surface area contributed by atoms with Crippen molar-refractivity contribution in [1.29, 1.82) is 0 Å². The van der Waals surface area contributed by atoms with E-state index in [9.17, 15) is 0 Å². The molecule has 1 aromatic carbocycles. The molecule has 0 amide bonds. The second-order valence-corrected chi connectivity index (χ2v) is 6.70. The summed E-state index contributed by atoms with van der Waals surface area (Å²) >= 11 is 6.07. The molecule has 0 radical (unpaired) electrons. The van der Waals surface area contributed by atoms with E-state index in [0.29, 0.717) is 0 Å². The molecular formula is C17H28ClN3. The van der Waals surface area contributed by atoms with Crippen LogP contribution < -0.4 is 10.2 Å². The van der Waals surface area contributed by atoms with Gasteiger partial charge in [-0.05, 0) is 50.2 Å². The monoisotopic (exact) mass is 309 g/mol. The molecule has 1 heterocycles. The van der Waals surface area contributed by atoms with Crippen LogP contribution in [0.3, 0.4) is 0 Å². The molecule has 0 atom stereocenters. The third-order valence-corrected chi connectivity index (χ3v) is 4.16. The number of benzene rings is 1. The van der Waals surface area contributed by atoms with E-state index in [4.69, 9.17) is 11.6 Å². The van der Waals surface area contributed by atoms with E-state index in [-0.39, 0.29) is 0 Å². The number of piperazine rings is 1. The number of hydrogen-bond acceptors (Lipinski definition) is 3. The zero-order valence-corrected chi connectivity index (χ0v) is 14.1. The van der Waals surface area contributed by atoms with Crippen molar-refractivity contribution in [1.82, 2.24) is 10.2 Å². The van der Waals surface area contributed by atoms with Crippen LogP contribution in [-0.2, 0) is 0 Å². The third kappa shape index (κ3) is 5.85. The highest BCUT2D eigenvalue weighted by atomic mass is 35.5. The van der Waals surface area contributed by atoms with Gasteiger partial charge < -0.3 is 10.2 Å². The van der Waals surface area contributed by atoms with Gasteiger partial charge in [-0.25, -0.2) is 0 Å². The Morgan fingerprint density at radius 3 is 2.62 bits per heavy atom. The predicted octanol–water partition coefficient (Wildman–Crippen LogP) is 3.10. The van der Waals surface area contributed by atoms with E-state index in [0.717, 1.165) is 50.2 Å². The second kappa shape index (κ2) is 8.62. The van der Waals surface area contributed by atoms with Crippen molar-refractivity contribution in [2.24, 2.45) is 5.92 Å². The van der Waals surface area contributed by atoms with Gasteiger partial charge in [0.05, 0.1) is 0 Å². The fourth-order valence-electron chi connectivity index (χ4n) is 2.72. The zero-order chi connectivity index (χ0) is 15.1. The zero-order valence-electron chi connectivity index (χ0n) is 13.3. The fourth-order valence-corrected chi connectivity index (χ4v) is 2.91. The first-order chi connectivity index (χ1) is 10.1. The van der Waals surface area contributed by atoms with Gasteiger partial charge in [-0.3, -0.25) is 4.90 Å². The molecule has 1 saturated heterocycles. The molecule has 4 heteroatoms. The summed E-state index contributed by atoms with van der Waals surface area (Å²) in [5, 5.41) is 4.34. The molecule has 1 aliphatic heterocycles. The van der Waals surface area contributed by atoms with E-state index in [1.54, 1.807) is 0 Å². The molecule has 0 spiro atoms. The molecule has 1 N–H and O–H groups in total. The predicted molar refractivity (Wildman–Crippen MR) is 92.4 cm³/mol. The Labute approximate surface area is 134 Å². The van der Waals surface area contributed by atoms with E-state index in [1.807, 2.05) is 12.1 Å². The standard InChI is InChI=1S/C17H28ClN3/c1-15(2)14-19-7-4-8-20-9-11-21(12-10-20)17-6-3-5-16(18)13-17/h3,5-6,13,15,19H,4,7-12,14H2,1-2H3. The lowest BCUT2D eigenvalue weighted by atomic mass is 10.2. The van der Waals surface area contributed by atoms with Gasteiger partial charge >= 0.3 is 0 Å². The van der Waals surface area contributed by atoms with Crippen molar-refractivity contribution in [3.63, 3.8) is 0 Å². The summed E-state index contributed by atoms with van der Waals surface area (Å²) in [4.78, 5) is 5.00. The van der Waals surface area contributed by atoms with Crippen LogP contribution in [-0.4, -0.2) is 50.7 Å². The average molecular weight is 310 g/mol. The molecular weight excluding hydrogens is 282 g/mol. The van der Waals surface area contributed by atoms with Crippen LogP contribution in [0.5, 0.6) is 0 Å². The lowest BCUT2D eigenvalue weighted by molar-refractivity contribution is 0.253. The van der Waals surface area contributed by atoms with Gasteiger partial charge in [-0.2, -0.15) is 0 Å². The molecule has 0 unspecified atom stereocenters. The Morgan fingerprint density at radius 1 is 1.19 bits per heavy atom. The van der Waals surface area contributed by atoms with Gasteiger partial charge in [0.2, 0.25) is 0 Å². The fraction of sp³-hybridized carbons (Fsp3) is 0.647. The summed E-state index contributed by atoms with van der Waals surface area (Å²) in [7, 11) is 0. The average Bonchev–Trinajstić information content (AvgIpc) is 2.47. The Bertz CT molecular complexity index is 414. The van der Waals surface area contributed by atoms with Crippen LogP contribution in [0.1, 0.15) is 20.3 Å². The van der Waals surface area contributed by atoms with Gasteiger partial charge in [0.15, 0.2) is 0 Å². The Kier molecular flexibility index (Phi) is 6.81. The minimum Gasteiger partial charge on any atom is -0.369 e. The quantitative estimate of drug-likeness (QED) is 0.781. The number of hydrogen-bond donors (Lipinski definition) is 1. The first-order valence-corrected chi connectivity index (χ1v) is 8.46. The van der Waals surface area contributed by atoms with Gasteiger partial charge in [0.25, 0.3) is 0 Å². The molecule has 1 aliphatic rings. The van der Waals surface area contributed by atoms with E-state index < -0.39 is 0 Å². The van der Waals surface area contributed by atoms with Gasteiger partial charge in [-0.15, -0.1) is 0 Å². The molecule has 0 bridgehead atoms. The minimum atomic E-state index is 0.742. The second-order valence-electron chi connectivity index (χ2n) is 6.26. The summed E-state index contributed by atoms with van der Waals surface area (Å²) < 4.78 is 0. The molecule has 2 rings (SSSR count). The number of rotatable bonds is 7. The number of nitrogens with one attached hydrogen (secondary N) is 1. The van der Waals surface area contributed by atoms with Gasteiger partial charge in [-0.1, -0.05) is 31.5 Å². The molecule has 0 aliphatic carbocycles. The van der Waals surface area contributed by atoms with Crippen molar-refractivity contribution in [3.05, 3.63) is 29.3 Å². The van der Waals surface area contributed by atoms with E-state index in [1.165, 1.54) is 18.7 Å². The van der Waals surface area contributed by atoms with E-state index in [2.05, 4.69) is 41.1 Å². The van der Waals surface area contributed by atoms with Crippen molar-refractivity contribution < 1.29 is 0 Å². The maximum Gasteiger partial charge on any atom is 0.0426 e. The highest BCUT2D eigenvalue weighted by molar-refractivity contribution is 6.30. The maximum atomic E-state index is 6.07. The van der Waals surface area contributed by atoms with Crippen LogP contribution >= 0.6 is 11.6 Å². The van der Waals surface area contributed by atoms with Gasteiger partial charge in [0.1, 0.15) is 0 Å². The lowest BCUT2D eigenvalue weighted by Gasteiger charge is -2.36. The van der Waals surface area contributed by atoms with E-state index >= 15 is 0 Å². The summed E-state index contributed by atoms with van der Waals surface area (Å²) in [5.74, 6) is 0.742. The molecule has 118 valence electrons. The topological polar surface area (TPSA) is 18.5 Å². The smallest absolute Gasteiger partial charge is 0.0426 e. The van der Waals surface area contributed by atoms with Crippen molar-refractivity contribution in [3.8, 4) is 0 Å². The Hall–Kier alpha value is -0.770. The lowest BCUT2D eigenvalue weighted by Crippen LogP contribution is -2.47. The maximum absolute atomic E-state index is 6.07. The molecule has 1 fully saturated rings. The normalized spacial score (nSPS) is 16.7.